The van der Waals surface area contributed by atoms with E-state index < -0.39 is 0 Å². The lowest BCUT2D eigenvalue weighted by molar-refractivity contribution is 0.108. The molecule has 0 spiro atoms. The summed E-state index contributed by atoms with van der Waals surface area (Å²) in [6.07, 6.45) is 1.38. The van der Waals surface area contributed by atoms with Crippen LogP contribution in [-0.2, 0) is 0 Å². The van der Waals surface area contributed by atoms with Crippen molar-refractivity contribution in [3.05, 3.63) is 42.2 Å². The molecule has 0 amide bonds. The van der Waals surface area contributed by atoms with Crippen LogP contribution in [0.3, 0.4) is 0 Å². The molecule has 2 rings (SSSR count). The number of carbonyl (C=O) groups is 1. The van der Waals surface area contributed by atoms with Gasteiger partial charge in [0.25, 0.3) is 0 Å². The third-order valence-corrected chi connectivity index (χ3v) is 2.27. The average Bonchev–Trinajstić information content (AvgIpc) is 2.72. The molecule has 14 heavy (non-hydrogen) atoms. The van der Waals surface area contributed by atoms with Gasteiger partial charge in [0, 0.05) is 5.56 Å². The van der Waals surface area contributed by atoms with Crippen LogP contribution in [0, 0.1) is 0 Å². The number of benzene rings is 1. The smallest absolute Gasteiger partial charge is 0.241 e. The van der Waals surface area contributed by atoms with Crippen molar-refractivity contribution in [2.75, 3.05) is 0 Å². The van der Waals surface area contributed by atoms with Crippen LogP contribution in [-0.4, -0.2) is 24.7 Å². The summed E-state index contributed by atoms with van der Waals surface area (Å²) >= 11 is 0.945. The number of hydrogen-bond donors (Lipinski definition) is 0. The molecule has 0 atom stereocenters. The highest BCUT2D eigenvalue weighted by atomic mass is 32.2. The number of aromatic nitrogens is 4. The fourth-order valence-corrected chi connectivity index (χ4v) is 1.48. The number of carbonyl (C=O) groups excluding carboxylic acids is 1. The summed E-state index contributed by atoms with van der Waals surface area (Å²) in [6.45, 7) is 0. The highest BCUT2D eigenvalue weighted by Crippen LogP contribution is 2.11. The first kappa shape index (κ1) is 8.89. The highest BCUT2D eigenvalue weighted by molar-refractivity contribution is 8.12. The molecule has 0 N–H and O–H groups in total. The van der Waals surface area contributed by atoms with Gasteiger partial charge in [0.1, 0.15) is 0 Å². The van der Waals surface area contributed by atoms with Gasteiger partial charge in [0.15, 0.2) is 6.33 Å². The van der Waals surface area contributed by atoms with Gasteiger partial charge in [0.05, 0.1) is 11.9 Å². The SMILES string of the molecule is O=C(Sn1cnnn1)c1ccccc1. The van der Waals surface area contributed by atoms with E-state index in [0.29, 0.717) is 5.56 Å². The maximum absolute atomic E-state index is 11.6. The molecule has 1 aromatic heterocycles. The largest absolute Gasteiger partial charge is 0.280 e. The zero-order valence-corrected chi connectivity index (χ0v) is 7.89. The van der Waals surface area contributed by atoms with Crippen LogP contribution >= 0.6 is 11.9 Å². The Bertz CT molecular complexity index is 414. The molecule has 0 fully saturated rings. The maximum Gasteiger partial charge on any atom is 0.241 e. The second-order valence-electron chi connectivity index (χ2n) is 2.46. The Kier molecular flexibility index (Phi) is 2.55. The fourth-order valence-electron chi connectivity index (χ4n) is 0.907. The lowest BCUT2D eigenvalue weighted by Crippen LogP contribution is -1.98. The highest BCUT2D eigenvalue weighted by Gasteiger charge is 2.07. The van der Waals surface area contributed by atoms with E-state index in [1.807, 2.05) is 18.2 Å². The summed E-state index contributed by atoms with van der Waals surface area (Å²) in [5.41, 5.74) is 0.632. The van der Waals surface area contributed by atoms with E-state index in [4.69, 9.17) is 0 Å². The van der Waals surface area contributed by atoms with Gasteiger partial charge in [-0.15, -0.1) is 5.10 Å². The minimum atomic E-state index is -0.0853. The zero-order chi connectivity index (χ0) is 9.80. The molecule has 1 heterocycles. The predicted molar refractivity (Wildman–Crippen MR) is 51.6 cm³/mol. The molecule has 0 aliphatic carbocycles. The number of hydrogen-bond acceptors (Lipinski definition) is 5. The summed E-state index contributed by atoms with van der Waals surface area (Å²) in [4.78, 5) is 11.6. The van der Waals surface area contributed by atoms with Gasteiger partial charge in [-0.05, 0) is 10.4 Å². The average molecular weight is 206 g/mol. The van der Waals surface area contributed by atoms with Crippen LogP contribution in [0.1, 0.15) is 10.4 Å². The van der Waals surface area contributed by atoms with Gasteiger partial charge < -0.3 is 0 Å². The lowest BCUT2D eigenvalue weighted by atomic mass is 10.2. The van der Waals surface area contributed by atoms with Crippen LogP contribution in [0.15, 0.2) is 36.7 Å². The monoisotopic (exact) mass is 206 g/mol. The first-order chi connectivity index (χ1) is 6.86. The van der Waals surface area contributed by atoms with Crippen LogP contribution < -0.4 is 0 Å². The summed E-state index contributed by atoms with van der Waals surface area (Å²) in [5.74, 6) is 0. The Morgan fingerprint density at radius 1 is 1.29 bits per heavy atom. The number of nitrogens with zero attached hydrogens (tertiary/aromatic N) is 4. The third kappa shape index (κ3) is 1.97. The Balaban J connectivity index is 2.11. The van der Waals surface area contributed by atoms with Gasteiger partial charge in [-0.2, -0.15) is 4.09 Å². The van der Waals surface area contributed by atoms with Gasteiger partial charge in [-0.3, -0.25) is 4.79 Å². The molecular formula is C8H6N4OS. The molecular weight excluding hydrogens is 200 g/mol. The second-order valence-corrected chi connectivity index (χ2v) is 3.38. The molecule has 5 nitrogen and oxygen atoms in total. The Morgan fingerprint density at radius 2 is 2.07 bits per heavy atom. The van der Waals surface area contributed by atoms with E-state index in [9.17, 15) is 4.79 Å². The second kappa shape index (κ2) is 4.01. The van der Waals surface area contributed by atoms with Gasteiger partial charge in [-0.25, -0.2) is 0 Å². The molecule has 0 radical (unpaired) electrons. The van der Waals surface area contributed by atoms with E-state index in [1.165, 1.54) is 10.4 Å². The summed E-state index contributed by atoms with van der Waals surface area (Å²) < 4.78 is 1.31. The minimum Gasteiger partial charge on any atom is -0.280 e. The fraction of sp³-hybridized carbons (Fsp3) is 0. The minimum absolute atomic E-state index is 0.0853. The predicted octanol–water partition coefficient (Wildman–Crippen LogP) is 1.01. The van der Waals surface area contributed by atoms with Crippen molar-refractivity contribution in [3.8, 4) is 0 Å². The van der Waals surface area contributed by atoms with E-state index in [-0.39, 0.29) is 5.12 Å². The summed E-state index contributed by atoms with van der Waals surface area (Å²) in [7, 11) is 0. The van der Waals surface area contributed by atoms with Crippen molar-refractivity contribution in [1.82, 2.24) is 19.6 Å². The van der Waals surface area contributed by atoms with E-state index in [1.54, 1.807) is 12.1 Å². The normalized spacial score (nSPS) is 10.0. The third-order valence-electron chi connectivity index (χ3n) is 1.52. The molecule has 1 aromatic carbocycles. The lowest BCUT2D eigenvalue weighted by Gasteiger charge is -1.97. The molecule has 0 aliphatic heterocycles. The standard InChI is InChI=1S/C8H6N4OS/c13-8(7-4-2-1-3-5-7)14-12-6-9-10-11-12/h1-6H. The van der Waals surface area contributed by atoms with E-state index >= 15 is 0 Å². The van der Waals surface area contributed by atoms with Crippen LogP contribution in [0.5, 0.6) is 0 Å². The molecule has 0 unspecified atom stereocenters. The first-order valence-electron chi connectivity index (χ1n) is 3.87. The maximum atomic E-state index is 11.6. The first-order valence-corrected chi connectivity index (χ1v) is 4.64. The molecule has 0 saturated carbocycles. The molecule has 70 valence electrons. The van der Waals surface area contributed by atoms with Crippen molar-refractivity contribution >= 4 is 17.1 Å². The number of rotatable bonds is 2. The van der Waals surface area contributed by atoms with Crippen molar-refractivity contribution in [2.24, 2.45) is 0 Å². The Morgan fingerprint density at radius 3 is 2.71 bits per heavy atom. The summed E-state index contributed by atoms with van der Waals surface area (Å²) in [5, 5.41) is 10.4. The van der Waals surface area contributed by atoms with Crippen LogP contribution in [0.25, 0.3) is 0 Å². The van der Waals surface area contributed by atoms with Crippen molar-refractivity contribution in [3.63, 3.8) is 0 Å². The topological polar surface area (TPSA) is 60.7 Å². The van der Waals surface area contributed by atoms with Gasteiger partial charge in [0.2, 0.25) is 5.12 Å². The molecule has 0 saturated heterocycles. The van der Waals surface area contributed by atoms with Crippen molar-refractivity contribution < 1.29 is 4.79 Å². The van der Waals surface area contributed by atoms with Gasteiger partial charge in [-0.1, -0.05) is 30.3 Å². The van der Waals surface area contributed by atoms with Gasteiger partial charge >= 0.3 is 0 Å². The van der Waals surface area contributed by atoms with E-state index in [0.717, 1.165) is 11.9 Å². The molecule has 6 heteroatoms. The summed E-state index contributed by atoms with van der Waals surface area (Å²) in [6, 6.07) is 8.98. The Labute approximate surface area is 84.3 Å². The Hall–Kier alpha value is -1.69. The van der Waals surface area contributed by atoms with Crippen molar-refractivity contribution in [2.45, 2.75) is 0 Å². The van der Waals surface area contributed by atoms with Crippen LogP contribution in [0.4, 0.5) is 0 Å². The van der Waals surface area contributed by atoms with Crippen LogP contribution in [0.2, 0.25) is 0 Å². The molecule has 0 aliphatic rings. The van der Waals surface area contributed by atoms with Crippen molar-refractivity contribution in [1.29, 1.82) is 0 Å². The molecule has 2 aromatic rings. The van der Waals surface area contributed by atoms with E-state index in [2.05, 4.69) is 15.5 Å². The zero-order valence-electron chi connectivity index (χ0n) is 7.07. The number of tetrazole rings is 1. The quantitative estimate of drug-likeness (QED) is 0.733. The molecule has 0 bridgehead atoms.